The molecule has 19 heavy (non-hydrogen) atoms. The van der Waals surface area contributed by atoms with Crippen LogP contribution in [0.1, 0.15) is 31.7 Å². The van der Waals surface area contributed by atoms with E-state index in [1.54, 1.807) is 0 Å². The van der Waals surface area contributed by atoms with Gasteiger partial charge in [-0.15, -0.1) is 0 Å². The van der Waals surface area contributed by atoms with Gasteiger partial charge in [-0.2, -0.15) is 0 Å². The highest BCUT2D eigenvalue weighted by Crippen LogP contribution is 2.19. The molecule has 1 heterocycles. The quantitative estimate of drug-likeness (QED) is 0.869. The summed E-state index contributed by atoms with van der Waals surface area (Å²) in [5, 5.41) is 3.27. The minimum atomic E-state index is -2.83. The predicted octanol–water partition coefficient (Wildman–Crippen LogP) is 2.17. The molecule has 0 bridgehead atoms. The van der Waals surface area contributed by atoms with Gasteiger partial charge in [0, 0.05) is 12.6 Å². The highest BCUT2D eigenvalue weighted by Gasteiger charge is 2.31. The normalized spacial score (nSPS) is 23.3. The summed E-state index contributed by atoms with van der Waals surface area (Å²) in [7, 11) is -2.83. The van der Waals surface area contributed by atoms with Gasteiger partial charge in [0.1, 0.15) is 0 Å². The zero-order valence-corrected chi connectivity index (χ0v) is 12.3. The van der Waals surface area contributed by atoms with E-state index in [0.717, 1.165) is 25.7 Å². The van der Waals surface area contributed by atoms with Crippen molar-refractivity contribution in [1.82, 2.24) is 5.32 Å². The Hall–Kier alpha value is -0.870. The van der Waals surface area contributed by atoms with Crippen LogP contribution in [0.3, 0.4) is 0 Å². The van der Waals surface area contributed by atoms with E-state index in [1.807, 2.05) is 18.2 Å². The second-order valence-corrected chi connectivity index (χ2v) is 7.74. The molecular formula is C15H23NO2S. The molecule has 106 valence electrons. The largest absolute Gasteiger partial charge is 0.312 e. The van der Waals surface area contributed by atoms with E-state index in [-0.39, 0.29) is 5.25 Å². The molecule has 2 rings (SSSR count). The SMILES string of the molecule is CCC(Cc1ccccc1)NCC1CCCS1(=O)=O. The Morgan fingerprint density at radius 2 is 2.05 bits per heavy atom. The van der Waals surface area contributed by atoms with Crippen molar-refractivity contribution in [2.75, 3.05) is 12.3 Å². The number of sulfone groups is 1. The van der Waals surface area contributed by atoms with Gasteiger partial charge in [0.05, 0.1) is 11.0 Å². The summed E-state index contributed by atoms with van der Waals surface area (Å²) in [6.45, 7) is 2.75. The van der Waals surface area contributed by atoms with Gasteiger partial charge in [-0.05, 0) is 31.2 Å². The van der Waals surface area contributed by atoms with E-state index in [1.165, 1.54) is 5.56 Å². The molecule has 1 fully saturated rings. The van der Waals surface area contributed by atoms with Crippen LogP contribution in [0, 0.1) is 0 Å². The predicted molar refractivity (Wildman–Crippen MR) is 79.0 cm³/mol. The molecule has 1 N–H and O–H groups in total. The second kappa shape index (κ2) is 6.53. The summed E-state index contributed by atoms with van der Waals surface area (Å²) in [4.78, 5) is 0. The molecule has 0 radical (unpaired) electrons. The summed E-state index contributed by atoms with van der Waals surface area (Å²) in [5.74, 6) is 0.370. The van der Waals surface area contributed by atoms with Crippen LogP contribution in [0.5, 0.6) is 0 Å². The summed E-state index contributed by atoms with van der Waals surface area (Å²) >= 11 is 0. The van der Waals surface area contributed by atoms with Crippen molar-refractivity contribution in [1.29, 1.82) is 0 Å². The second-order valence-electron chi connectivity index (χ2n) is 5.33. The first-order valence-corrected chi connectivity index (χ1v) is 8.82. The van der Waals surface area contributed by atoms with Crippen molar-refractivity contribution in [3.63, 3.8) is 0 Å². The fourth-order valence-electron chi connectivity index (χ4n) is 2.65. The Kier molecular flexibility index (Phi) is 4.99. The lowest BCUT2D eigenvalue weighted by molar-refractivity contribution is 0.483. The van der Waals surface area contributed by atoms with Crippen molar-refractivity contribution in [2.45, 2.75) is 43.9 Å². The first-order chi connectivity index (χ1) is 9.12. The Bertz CT molecular complexity index is 484. The maximum absolute atomic E-state index is 11.8. The number of rotatable bonds is 6. The standard InChI is InChI=1S/C15H23NO2S/c1-2-14(11-13-7-4-3-5-8-13)16-12-15-9-6-10-19(15,17)18/h3-5,7-8,14-16H,2,6,9-12H2,1H3. The maximum atomic E-state index is 11.8. The molecule has 4 heteroatoms. The Morgan fingerprint density at radius 1 is 1.32 bits per heavy atom. The number of nitrogens with one attached hydrogen (secondary N) is 1. The molecule has 3 nitrogen and oxygen atoms in total. The number of hydrogen-bond donors (Lipinski definition) is 1. The molecule has 2 unspecified atom stereocenters. The minimum absolute atomic E-state index is 0.169. The molecular weight excluding hydrogens is 258 g/mol. The lowest BCUT2D eigenvalue weighted by Gasteiger charge is -2.19. The molecule has 1 aliphatic rings. The van der Waals surface area contributed by atoms with Crippen molar-refractivity contribution in [2.24, 2.45) is 0 Å². The zero-order valence-electron chi connectivity index (χ0n) is 11.5. The molecule has 2 atom stereocenters. The molecule has 0 aromatic heterocycles. The number of hydrogen-bond acceptors (Lipinski definition) is 3. The van der Waals surface area contributed by atoms with Gasteiger partial charge < -0.3 is 5.32 Å². The molecule has 0 spiro atoms. The van der Waals surface area contributed by atoms with E-state index in [9.17, 15) is 8.42 Å². The molecule has 0 saturated carbocycles. The third-order valence-electron chi connectivity index (χ3n) is 3.91. The first-order valence-electron chi connectivity index (χ1n) is 7.10. The van der Waals surface area contributed by atoms with Crippen molar-refractivity contribution >= 4 is 9.84 Å². The minimum Gasteiger partial charge on any atom is -0.312 e. The van der Waals surface area contributed by atoms with Crippen molar-refractivity contribution in [3.05, 3.63) is 35.9 Å². The Balaban J connectivity index is 1.86. The van der Waals surface area contributed by atoms with Gasteiger partial charge in [0.25, 0.3) is 0 Å². The molecule has 1 aromatic carbocycles. The van der Waals surface area contributed by atoms with E-state index >= 15 is 0 Å². The van der Waals surface area contributed by atoms with Crippen LogP contribution in [-0.4, -0.2) is 32.0 Å². The van der Waals surface area contributed by atoms with E-state index in [0.29, 0.717) is 18.3 Å². The van der Waals surface area contributed by atoms with Crippen LogP contribution < -0.4 is 5.32 Å². The third-order valence-corrected chi connectivity index (χ3v) is 6.19. The van der Waals surface area contributed by atoms with Gasteiger partial charge >= 0.3 is 0 Å². The molecule has 0 aliphatic carbocycles. The monoisotopic (exact) mass is 281 g/mol. The van der Waals surface area contributed by atoms with Crippen LogP contribution >= 0.6 is 0 Å². The van der Waals surface area contributed by atoms with Gasteiger partial charge in [0.2, 0.25) is 0 Å². The van der Waals surface area contributed by atoms with Crippen LogP contribution in [0.15, 0.2) is 30.3 Å². The van der Waals surface area contributed by atoms with Gasteiger partial charge in [0.15, 0.2) is 9.84 Å². The highest BCUT2D eigenvalue weighted by molar-refractivity contribution is 7.92. The topological polar surface area (TPSA) is 46.2 Å². The smallest absolute Gasteiger partial charge is 0.154 e. The van der Waals surface area contributed by atoms with Crippen LogP contribution in [0.2, 0.25) is 0 Å². The third kappa shape index (κ3) is 4.05. The van der Waals surface area contributed by atoms with Gasteiger partial charge in [-0.1, -0.05) is 37.3 Å². The lowest BCUT2D eigenvalue weighted by Crippen LogP contribution is -2.38. The van der Waals surface area contributed by atoms with Crippen molar-refractivity contribution < 1.29 is 8.42 Å². The van der Waals surface area contributed by atoms with E-state index in [4.69, 9.17) is 0 Å². The average Bonchev–Trinajstić information content (AvgIpc) is 2.75. The maximum Gasteiger partial charge on any atom is 0.154 e. The van der Waals surface area contributed by atoms with E-state index in [2.05, 4.69) is 24.4 Å². The summed E-state index contributed by atoms with van der Waals surface area (Å²) < 4.78 is 23.6. The fraction of sp³-hybridized carbons (Fsp3) is 0.600. The molecule has 1 aromatic rings. The lowest BCUT2D eigenvalue weighted by atomic mass is 10.0. The van der Waals surface area contributed by atoms with Gasteiger partial charge in [-0.3, -0.25) is 0 Å². The molecule has 1 saturated heterocycles. The summed E-state index contributed by atoms with van der Waals surface area (Å²) in [6, 6.07) is 10.7. The first kappa shape index (κ1) is 14.5. The zero-order chi connectivity index (χ0) is 13.7. The average molecular weight is 281 g/mol. The van der Waals surface area contributed by atoms with Crippen molar-refractivity contribution in [3.8, 4) is 0 Å². The number of benzene rings is 1. The Morgan fingerprint density at radius 3 is 2.63 bits per heavy atom. The molecule has 1 aliphatic heterocycles. The van der Waals surface area contributed by atoms with Crippen LogP contribution in [0.25, 0.3) is 0 Å². The van der Waals surface area contributed by atoms with E-state index < -0.39 is 9.84 Å². The molecule has 0 amide bonds. The Labute approximate surface area is 116 Å². The highest BCUT2D eigenvalue weighted by atomic mass is 32.2. The summed E-state index contributed by atoms with van der Waals surface area (Å²) in [5.41, 5.74) is 1.30. The fourth-order valence-corrected chi connectivity index (χ4v) is 4.42. The van der Waals surface area contributed by atoms with Crippen LogP contribution in [0.4, 0.5) is 0 Å². The van der Waals surface area contributed by atoms with Crippen LogP contribution in [-0.2, 0) is 16.3 Å². The summed E-state index contributed by atoms with van der Waals surface area (Å²) in [6.07, 6.45) is 3.62. The van der Waals surface area contributed by atoms with Gasteiger partial charge in [-0.25, -0.2) is 8.42 Å².